The van der Waals surface area contributed by atoms with Gasteiger partial charge < -0.3 is 20.1 Å². The molecule has 4 aromatic rings. The number of benzene rings is 1. The lowest BCUT2D eigenvalue weighted by Gasteiger charge is -2.12. The van der Waals surface area contributed by atoms with Gasteiger partial charge in [-0.05, 0) is 37.3 Å². The second-order valence-electron chi connectivity index (χ2n) is 6.86. The van der Waals surface area contributed by atoms with E-state index in [4.69, 9.17) is 21.7 Å². The summed E-state index contributed by atoms with van der Waals surface area (Å²) in [6, 6.07) is 9.45. The van der Waals surface area contributed by atoms with Crippen molar-refractivity contribution in [3.8, 4) is 22.8 Å². The minimum atomic E-state index is 0.512. The number of nitrogens with one attached hydrogen (secondary N) is 2. The zero-order chi connectivity index (χ0) is 22.5. The number of ether oxygens (including phenoxy) is 2. The van der Waals surface area contributed by atoms with E-state index >= 15 is 0 Å². The first-order valence-corrected chi connectivity index (χ1v) is 10.4. The van der Waals surface area contributed by atoms with Crippen LogP contribution in [0.2, 0.25) is 0 Å². The lowest BCUT2D eigenvalue weighted by Crippen LogP contribution is -2.28. The van der Waals surface area contributed by atoms with E-state index in [-0.39, 0.29) is 0 Å². The first-order valence-electron chi connectivity index (χ1n) is 10.0. The SMILES string of the molecule is CCNC(=S)Nc1ccc2ncc(-c3cnn(Cc4cccc(OC)c4OC)c3)nc2n1. The third kappa shape index (κ3) is 4.59. The first kappa shape index (κ1) is 21.4. The Kier molecular flexibility index (Phi) is 6.41. The topological polar surface area (TPSA) is 99.0 Å². The largest absolute Gasteiger partial charge is 0.493 e. The van der Waals surface area contributed by atoms with Crippen molar-refractivity contribution in [1.29, 1.82) is 0 Å². The molecular formula is C22H23N7O2S. The summed E-state index contributed by atoms with van der Waals surface area (Å²) in [6.45, 7) is 3.23. The highest BCUT2D eigenvalue weighted by Crippen LogP contribution is 2.31. The normalized spacial score (nSPS) is 10.7. The number of pyridine rings is 1. The van der Waals surface area contributed by atoms with Crippen LogP contribution in [0.3, 0.4) is 0 Å². The quantitative estimate of drug-likeness (QED) is 0.412. The van der Waals surface area contributed by atoms with Crippen LogP contribution in [-0.2, 0) is 6.54 Å². The monoisotopic (exact) mass is 449 g/mol. The van der Waals surface area contributed by atoms with Crippen molar-refractivity contribution in [1.82, 2.24) is 30.0 Å². The smallest absolute Gasteiger partial charge is 0.180 e. The number of fused-ring (bicyclic) bond motifs is 1. The van der Waals surface area contributed by atoms with E-state index < -0.39 is 0 Å². The number of nitrogens with zero attached hydrogens (tertiary/aromatic N) is 5. The molecule has 0 saturated carbocycles. The van der Waals surface area contributed by atoms with E-state index in [0.29, 0.717) is 45.8 Å². The fourth-order valence-electron chi connectivity index (χ4n) is 3.26. The Morgan fingerprint density at radius 3 is 2.75 bits per heavy atom. The van der Waals surface area contributed by atoms with Crippen LogP contribution in [0, 0.1) is 0 Å². The number of hydrogen-bond acceptors (Lipinski definition) is 7. The summed E-state index contributed by atoms with van der Waals surface area (Å²) >= 11 is 5.22. The molecule has 0 bridgehead atoms. The average Bonchev–Trinajstić information content (AvgIpc) is 3.27. The Bertz CT molecular complexity index is 1260. The van der Waals surface area contributed by atoms with Crippen molar-refractivity contribution < 1.29 is 9.47 Å². The molecule has 0 saturated heterocycles. The Morgan fingerprint density at radius 1 is 1.09 bits per heavy atom. The molecule has 2 N–H and O–H groups in total. The predicted molar refractivity (Wildman–Crippen MR) is 127 cm³/mol. The minimum Gasteiger partial charge on any atom is -0.493 e. The number of aromatic nitrogens is 5. The van der Waals surface area contributed by atoms with E-state index in [1.165, 1.54) is 0 Å². The number of methoxy groups -OCH3 is 2. The molecule has 0 fully saturated rings. The summed E-state index contributed by atoms with van der Waals surface area (Å²) in [5.41, 5.74) is 3.70. The van der Waals surface area contributed by atoms with Crippen LogP contribution in [0.4, 0.5) is 5.82 Å². The fourth-order valence-corrected chi connectivity index (χ4v) is 3.51. The molecule has 0 aliphatic rings. The molecule has 1 aromatic carbocycles. The van der Waals surface area contributed by atoms with Gasteiger partial charge in [-0.25, -0.2) is 9.97 Å². The highest BCUT2D eigenvalue weighted by atomic mass is 32.1. The summed E-state index contributed by atoms with van der Waals surface area (Å²) in [5.74, 6) is 1.98. The molecule has 0 radical (unpaired) electrons. The van der Waals surface area contributed by atoms with E-state index in [1.54, 1.807) is 26.6 Å². The van der Waals surface area contributed by atoms with Gasteiger partial charge >= 0.3 is 0 Å². The van der Waals surface area contributed by atoms with Crippen LogP contribution >= 0.6 is 12.2 Å². The van der Waals surface area contributed by atoms with Crippen molar-refractivity contribution in [3.63, 3.8) is 0 Å². The van der Waals surface area contributed by atoms with Gasteiger partial charge in [-0.1, -0.05) is 12.1 Å². The van der Waals surface area contributed by atoms with Crippen molar-refractivity contribution in [2.24, 2.45) is 0 Å². The third-order valence-corrected chi connectivity index (χ3v) is 4.98. The van der Waals surface area contributed by atoms with Crippen LogP contribution in [-0.4, -0.2) is 50.6 Å². The van der Waals surface area contributed by atoms with Crippen molar-refractivity contribution in [2.45, 2.75) is 13.5 Å². The summed E-state index contributed by atoms with van der Waals surface area (Å²) < 4.78 is 12.7. The van der Waals surface area contributed by atoms with Crippen LogP contribution < -0.4 is 20.1 Å². The highest BCUT2D eigenvalue weighted by Gasteiger charge is 2.12. The van der Waals surface area contributed by atoms with E-state index in [2.05, 4.69) is 30.7 Å². The van der Waals surface area contributed by atoms with E-state index in [0.717, 1.165) is 17.7 Å². The molecular weight excluding hydrogens is 426 g/mol. The zero-order valence-corrected chi connectivity index (χ0v) is 18.8. The fraction of sp³-hybridized carbons (Fsp3) is 0.227. The molecule has 0 atom stereocenters. The van der Waals surface area contributed by atoms with Crippen molar-refractivity contribution in [2.75, 3.05) is 26.1 Å². The van der Waals surface area contributed by atoms with E-state index in [9.17, 15) is 0 Å². The standard InChI is InChI=1S/C22H23N7O2S/c1-4-23-22(32)28-19-9-8-16-21(27-19)26-17(11-24-16)15-10-25-29(13-15)12-14-6-5-7-18(30-2)20(14)31-3/h5-11,13H,4,12H2,1-3H3,(H2,23,26,27,28,32). The second kappa shape index (κ2) is 9.56. The third-order valence-electron chi connectivity index (χ3n) is 4.73. The summed E-state index contributed by atoms with van der Waals surface area (Å²) in [6.07, 6.45) is 5.38. The van der Waals surface area contributed by atoms with Gasteiger partial charge in [0.25, 0.3) is 0 Å². The average molecular weight is 450 g/mol. The summed E-state index contributed by atoms with van der Waals surface area (Å²) in [7, 11) is 3.25. The van der Waals surface area contributed by atoms with Crippen LogP contribution in [0.15, 0.2) is 48.9 Å². The molecule has 0 amide bonds. The number of thiocarbonyl (C=S) groups is 1. The van der Waals surface area contributed by atoms with Crippen LogP contribution in [0.1, 0.15) is 12.5 Å². The van der Waals surface area contributed by atoms with Gasteiger partial charge in [-0.2, -0.15) is 5.10 Å². The number of para-hydroxylation sites is 1. The predicted octanol–water partition coefficient (Wildman–Crippen LogP) is 3.26. The van der Waals surface area contributed by atoms with Gasteiger partial charge in [0.15, 0.2) is 22.3 Å². The summed E-state index contributed by atoms with van der Waals surface area (Å²) in [4.78, 5) is 13.7. The molecule has 0 aliphatic heterocycles. The number of rotatable bonds is 7. The van der Waals surface area contributed by atoms with Gasteiger partial charge in [0.05, 0.1) is 38.9 Å². The molecule has 32 heavy (non-hydrogen) atoms. The van der Waals surface area contributed by atoms with Crippen LogP contribution in [0.25, 0.3) is 22.4 Å². The molecule has 10 heteroatoms. The Morgan fingerprint density at radius 2 is 1.97 bits per heavy atom. The maximum Gasteiger partial charge on any atom is 0.180 e. The zero-order valence-electron chi connectivity index (χ0n) is 18.0. The number of anilines is 1. The second-order valence-corrected chi connectivity index (χ2v) is 7.27. The molecule has 3 heterocycles. The Hall–Kier alpha value is -3.79. The lowest BCUT2D eigenvalue weighted by atomic mass is 10.2. The van der Waals surface area contributed by atoms with Gasteiger partial charge in [-0.15, -0.1) is 0 Å². The molecule has 0 spiro atoms. The molecule has 3 aromatic heterocycles. The summed E-state index contributed by atoms with van der Waals surface area (Å²) in [5, 5.41) is 11.1. The molecule has 0 aliphatic carbocycles. The van der Waals surface area contributed by atoms with Crippen molar-refractivity contribution in [3.05, 3.63) is 54.5 Å². The van der Waals surface area contributed by atoms with E-state index in [1.807, 2.05) is 48.1 Å². The van der Waals surface area contributed by atoms with Gasteiger partial charge in [0.2, 0.25) is 0 Å². The van der Waals surface area contributed by atoms with Gasteiger partial charge in [0, 0.05) is 23.9 Å². The molecule has 4 rings (SSSR count). The maximum absolute atomic E-state index is 5.52. The molecule has 164 valence electrons. The Balaban J connectivity index is 1.58. The minimum absolute atomic E-state index is 0.512. The van der Waals surface area contributed by atoms with Crippen LogP contribution in [0.5, 0.6) is 11.5 Å². The van der Waals surface area contributed by atoms with Crippen molar-refractivity contribution >= 4 is 34.3 Å². The number of hydrogen-bond donors (Lipinski definition) is 2. The van der Waals surface area contributed by atoms with Gasteiger partial charge in [0.1, 0.15) is 11.3 Å². The van der Waals surface area contributed by atoms with Gasteiger partial charge in [-0.3, -0.25) is 9.67 Å². The first-order chi connectivity index (χ1) is 15.6. The highest BCUT2D eigenvalue weighted by molar-refractivity contribution is 7.80. The molecule has 9 nitrogen and oxygen atoms in total. The Labute approximate surface area is 190 Å². The lowest BCUT2D eigenvalue weighted by molar-refractivity contribution is 0.350. The molecule has 0 unspecified atom stereocenters. The maximum atomic E-state index is 5.52.